The monoisotopic (exact) mass is 428 g/mol. The van der Waals surface area contributed by atoms with Crippen molar-refractivity contribution in [1.29, 1.82) is 0 Å². The van der Waals surface area contributed by atoms with Crippen LogP contribution in [0, 0.1) is 5.92 Å². The molecule has 31 heavy (non-hydrogen) atoms. The number of furan rings is 1. The SMILES string of the molecule is CC(C)CN(CC(=O)N(Cc1ccco1)C[C@@H]1CCCO1)C(=O)COc1ccccc1. The van der Waals surface area contributed by atoms with Crippen LogP contribution in [0.4, 0.5) is 0 Å². The molecule has 1 aliphatic rings. The number of ether oxygens (including phenoxy) is 2. The van der Waals surface area contributed by atoms with Gasteiger partial charge in [0.15, 0.2) is 6.61 Å². The maximum atomic E-state index is 13.2. The summed E-state index contributed by atoms with van der Waals surface area (Å²) in [6, 6.07) is 12.9. The number of benzene rings is 1. The lowest BCUT2D eigenvalue weighted by Crippen LogP contribution is -2.47. The van der Waals surface area contributed by atoms with Gasteiger partial charge in [-0.2, -0.15) is 0 Å². The summed E-state index contributed by atoms with van der Waals surface area (Å²) < 4.78 is 16.8. The minimum atomic E-state index is -0.207. The predicted octanol–water partition coefficient (Wildman–Crippen LogP) is 3.35. The van der Waals surface area contributed by atoms with Crippen LogP contribution >= 0.6 is 0 Å². The van der Waals surface area contributed by atoms with E-state index in [-0.39, 0.29) is 37.0 Å². The van der Waals surface area contributed by atoms with Gasteiger partial charge in [-0.3, -0.25) is 9.59 Å². The summed E-state index contributed by atoms with van der Waals surface area (Å²) in [6.07, 6.45) is 3.55. The molecule has 7 heteroatoms. The molecule has 3 rings (SSSR count). The Morgan fingerprint density at radius 1 is 1.10 bits per heavy atom. The van der Waals surface area contributed by atoms with E-state index in [0.29, 0.717) is 31.1 Å². The third-order valence-electron chi connectivity index (χ3n) is 5.10. The lowest BCUT2D eigenvalue weighted by atomic mass is 10.2. The van der Waals surface area contributed by atoms with Crippen molar-refractivity contribution in [3.8, 4) is 5.75 Å². The molecule has 0 saturated carbocycles. The highest BCUT2D eigenvalue weighted by Crippen LogP contribution is 2.16. The molecule has 0 aliphatic carbocycles. The van der Waals surface area contributed by atoms with Gasteiger partial charge in [-0.1, -0.05) is 32.0 Å². The normalized spacial score (nSPS) is 15.8. The lowest BCUT2D eigenvalue weighted by molar-refractivity contribution is -0.143. The van der Waals surface area contributed by atoms with Crippen LogP contribution < -0.4 is 4.74 Å². The van der Waals surface area contributed by atoms with Gasteiger partial charge in [0, 0.05) is 19.7 Å². The Morgan fingerprint density at radius 3 is 2.55 bits per heavy atom. The highest BCUT2D eigenvalue weighted by atomic mass is 16.5. The Morgan fingerprint density at radius 2 is 1.90 bits per heavy atom. The van der Waals surface area contributed by atoms with Crippen LogP contribution in [-0.4, -0.2) is 60.6 Å². The van der Waals surface area contributed by atoms with E-state index in [9.17, 15) is 9.59 Å². The third-order valence-corrected chi connectivity index (χ3v) is 5.10. The number of carbonyl (C=O) groups excluding carboxylic acids is 2. The van der Waals surface area contributed by atoms with E-state index in [1.54, 1.807) is 34.3 Å². The molecule has 168 valence electrons. The van der Waals surface area contributed by atoms with Crippen molar-refractivity contribution in [1.82, 2.24) is 9.80 Å². The molecular formula is C24H32N2O5. The van der Waals surface area contributed by atoms with Crippen LogP contribution in [-0.2, 0) is 20.9 Å². The molecule has 2 aromatic rings. The number of carbonyl (C=O) groups is 2. The smallest absolute Gasteiger partial charge is 0.260 e. The van der Waals surface area contributed by atoms with E-state index in [1.807, 2.05) is 38.1 Å². The summed E-state index contributed by atoms with van der Waals surface area (Å²) in [4.78, 5) is 29.4. The van der Waals surface area contributed by atoms with Crippen LogP contribution in [0.5, 0.6) is 5.75 Å². The minimum absolute atomic E-state index is 0.00257. The van der Waals surface area contributed by atoms with Crippen molar-refractivity contribution in [2.24, 2.45) is 5.92 Å². The fraction of sp³-hybridized carbons (Fsp3) is 0.500. The number of amides is 2. The number of rotatable bonds is 11. The first kappa shape index (κ1) is 22.9. The van der Waals surface area contributed by atoms with Gasteiger partial charge in [0.25, 0.3) is 5.91 Å². The molecule has 2 heterocycles. The molecular weight excluding hydrogens is 396 g/mol. The highest BCUT2D eigenvalue weighted by Gasteiger charge is 2.26. The van der Waals surface area contributed by atoms with Gasteiger partial charge in [0.2, 0.25) is 5.91 Å². The second-order valence-electron chi connectivity index (χ2n) is 8.26. The van der Waals surface area contributed by atoms with E-state index in [4.69, 9.17) is 13.9 Å². The second kappa shape index (κ2) is 11.6. The quantitative estimate of drug-likeness (QED) is 0.549. The van der Waals surface area contributed by atoms with Crippen LogP contribution in [0.2, 0.25) is 0 Å². The number of para-hydroxylation sites is 1. The lowest BCUT2D eigenvalue weighted by Gasteiger charge is -2.29. The average molecular weight is 429 g/mol. The predicted molar refractivity (Wildman–Crippen MR) is 116 cm³/mol. The maximum Gasteiger partial charge on any atom is 0.260 e. The van der Waals surface area contributed by atoms with Crippen LogP contribution in [0.1, 0.15) is 32.4 Å². The number of hydrogen-bond donors (Lipinski definition) is 0. The fourth-order valence-electron chi connectivity index (χ4n) is 3.59. The van der Waals surface area contributed by atoms with Crippen molar-refractivity contribution in [2.75, 3.05) is 32.8 Å². The molecule has 1 atom stereocenters. The molecule has 1 aromatic carbocycles. The number of nitrogens with zero attached hydrogens (tertiary/aromatic N) is 2. The highest BCUT2D eigenvalue weighted by molar-refractivity contribution is 5.85. The Kier molecular flexibility index (Phi) is 8.53. The molecule has 0 N–H and O–H groups in total. The standard InChI is InChI=1S/C24H32N2O5/c1-19(2)14-25(24(28)18-31-20-8-4-3-5-9-20)17-23(27)26(15-21-10-6-12-29-21)16-22-11-7-13-30-22/h3-6,8-10,12,19,22H,7,11,13-18H2,1-2H3/t22-/m0/s1. The summed E-state index contributed by atoms with van der Waals surface area (Å²) in [5.41, 5.74) is 0. The Bertz CT molecular complexity index is 801. The first-order valence-electron chi connectivity index (χ1n) is 10.9. The number of hydrogen-bond acceptors (Lipinski definition) is 5. The van der Waals surface area contributed by atoms with E-state index in [2.05, 4.69) is 0 Å². The summed E-state index contributed by atoms with van der Waals surface area (Å²) in [7, 11) is 0. The molecule has 1 saturated heterocycles. The van der Waals surface area contributed by atoms with Gasteiger partial charge in [-0.05, 0) is 43.0 Å². The minimum Gasteiger partial charge on any atom is -0.484 e. The average Bonchev–Trinajstić information content (AvgIpc) is 3.46. The first-order chi connectivity index (χ1) is 15.0. The third kappa shape index (κ3) is 7.43. The molecule has 1 aliphatic heterocycles. The molecule has 1 aromatic heterocycles. The molecule has 7 nitrogen and oxygen atoms in total. The zero-order valence-corrected chi connectivity index (χ0v) is 18.4. The summed E-state index contributed by atoms with van der Waals surface area (Å²) in [6.45, 7) is 6.00. The van der Waals surface area contributed by atoms with E-state index in [1.165, 1.54) is 0 Å². The van der Waals surface area contributed by atoms with Gasteiger partial charge < -0.3 is 23.7 Å². The van der Waals surface area contributed by atoms with Crippen LogP contribution in [0.25, 0.3) is 0 Å². The van der Waals surface area contributed by atoms with Gasteiger partial charge in [0.05, 0.1) is 25.5 Å². The first-order valence-corrected chi connectivity index (χ1v) is 10.9. The van der Waals surface area contributed by atoms with Gasteiger partial charge in [0.1, 0.15) is 11.5 Å². The van der Waals surface area contributed by atoms with Crippen molar-refractivity contribution in [2.45, 2.75) is 39.3 Å². The topological polar surface area (TPSA) is 72.2 Å². The van der Waals surface area contributed by atoms with Crippen molar-refractivity contribution in [3.63, 3.8) is 0 Å². The van der Waals surface area contributed by atoms with Crippen molar-refractivity contribution in [3.05, 3.63) is 54.5 Å². The summed E-state index contributed by atoms with van der Waals surface area (Å²) in [5, 5.41) is 0. The van der Waals surface area contributed by atoms with Crippen LogP contribution in [0.3, 0.4) is 0 Å². The summed E-state index contributed by atoms with van der Waals surface area (Å²) in [5.74, 6) is 1.23. The molecule has 0 bridgehead atoms. The van der Waals surface area contributed by atoms with E-state index in [0.717, 1.165) is 19.4 Å². The zero-order valence-electron chi connectivity index (χ0n) is 18.4. The summed E-state index contributed by atoms with van der Waals surface area (Å²) >= 11 is 0. The molecule has 0 radical (unpaired) electrons. The van der Waals surface area contributed by atoms with Gasteiger partial charge in [-0.15, -0.1) is 0 Å². The maximum absolute atomic E-state index is 13.2. The molecule has 1 fully saturated rings. The Labute approximate surface area is 183 Å². The van der Waals surface area contributed by atoms with Gasteiger partial charge in [-0.25, -0.2) is 0 Å². The fourth-order valence-corrected chi connectivity index (χ4v) is 3.59. The van der Waals surface area contributed by atoms with E-state index < -0.39 is 0 Å². The van der Waals surface area contributed by atoms with Gasteiger partial charge >= 0.3 is 0 Å². The Balaban J connectivity index is 1.64. The largest absolute Gasteiger partial charge is 0.484 e. The molecule has 2 amide bonds. The molecule has 0 unspecified atom stereocenters. The Hall–Kier alpha value is -2.80. The van der Waals surface area contributed by atoms with Crippen LogP contribution in [0.15, 0.2) is 53.1 Å². The molecule has 0 spiro atoms. The van der Waals surface area contributed by atoms with E-state index >= 15 is 0 Å². The second-order valence-corrected chi connectivity index (χ2v) is 8.26. The van der Waals surface area contributed by atoms with Crippen molar-refractivity contribution >= 4 is 11.8 Å². The zero-order chi connectivity index (χ0) is 22.1. The van der Waals surface area contributed by atoms with Crippen molar-refractivity contribution < 1.29 is 23.5 Å².